The number of likely N-dealkylation sites (N-methyl/N-ethyl adjacent to an activating group) is 1. The zero-order chi connectivity index (χ0) is 15.1. The van der Waals surface area contributed by atoms with E-state index in [0.717, 1.165) is 19.3 Å². The SMILES string of the molecule is CCOC(=O)CCCC(Cc1c[nH]c2ccccc12)NC. The minimum atomic E-state index is -0.0977. The summed E-state index contributed by atoms with van der Waals surface area (Å²) in [5.74, 6) is -0.0977. The number of carbonyl (C=O) groups excluding carboxylic acids is 1. The smallest absolute Gasteiger partial charge is 0.305 e. The van der Waals surface area contributed by atoms with Gasteiger partial charge in [-0.25, -0.2) is 0 Å². The van der Waals surface area contributed by atoms with Crippen LogP contribution in [0.4, 0.5) is 0 Å². The molecule has 0 aliphatic heterocycles. The molecule has 2 rings (SSSR count). The molecule has 0 bridgehead atoms. The first kappa shape index (κ1) is 15.6. The molecule has 1 unspecified atom stereocenters. The van der Waals surface area contributed by atoms with E-state index in [4.69, 9.17) is 4.74 Å². The zero-order valence-electron chi connectivity index (χ0n) is 12.8. The van der Waals surface area contributed by atoms with E-state index in [-0.39, 0.29) is 5.97 Å². The Morgan fingerprint density at radius 2 is 2.19 bits per heavy atom. The van der Waals surface area contributed by atoms with E-state index in [1.807, 2.05) is 20.0 Å². The number of hydrogen-bond acceptors (Lipinski definition) is 3. The van der Waals surface area contributed by atoms with Crippen molar-refractivity contribution in [3.8, 4) is 0 Å². The number of ether oxygens (including phenoxy) is 1. The second-order valence-corrected chi connectivity index (χ2v) is 5.25. The van der Waals surface area contributed by atoms with Gasteiger partial charge in [0.2, 0.25) is 0 Å². The van der Waals surface area contributed by atoms with E-state index in [1.165, 1.54) is 16.5 Å². The molecule has 0 saturated carbocycles. The van der Waals surface area contributed by atoms with E-state index in [1.54, 1.807) is 0 Å². The van der Waals surface area contributed by atoms with Crippen LogP contribution in [0.5, 0.6) is 0 Å². The van der Waals surface area contributed by atoms with Crippen LogP contribution in [0.25, 0.3) is 10.9 Å². The summed E-state index contributed by atoms with van der Waals surface area (Å²) >= 11 is 0. The standard InChI is InChI=1S/C17H24N2O2/c1-3-21-17(20)10-6-7-14(18-2)11-13-12-19-16-9-5-4-8-15(13)16/h4-5,8-9,12,14,18-19H,3,6-7,10-11H2,1-2H3. The van der Waals surface area contributed by atoms with Crippen molar-refractivity contribution in [3.05, 3.63) is 36.0 Å². The third-order valence-corrected chi connectivity index (χ3v) is 3.79. The highest BCUT2D eigenvalue weighted by Crippen LogP contribution is 2.20. The Morgan fingerprint density at radius 1 is 1.38 bits per heavy atom. The van der Waals surface area contributed by atoms with Crippen molar-refractivity contribution in [3.63, 3.8) is 0 Å². The van der Waals surface area contributed by atoms with Crippen molar-refractivity contribution < 1.29 is 9.53 Å². The van der Waals surface area contributed by atoms with E-state index >= 15 is 0 Å². The second-order valence-electron chi connectivity index (χ2n) is 5.25. The maximum atomic E-state index is 11.4. The van der Waals surface area contributed by atoms with Gasteiger partial charge in [-0.15, -0.1) is 0 Å². The number of aromatic amines is 1. The Bertz CT molecular complexity index is 577. The Morgan fingerprint density at radius 3 is 2.95 bits per heavy atom. The minimum absolute atomic E-state index is 0.0977. The maximum Gasteiger partial charge on any atom is 0.305 e. The summed E-state index contributed by atoms with van der Waals surface area (Å²) in [5, 5.41) is 4.63. The lowest BCUT2D eigenvalue weighted by Crippen LogP contribution is -2.27. The average molecular weight is 288 g/mol. The molecule has 2 aromatic rings. The maximum absolute atomic E-state index is 11.4. The monoisotopic (exact) mass is 288 g/mol. The van der Waals surface area contributed by atoms with Crippen LogP contribution in [0.3, 0.4) is 0 Å². The summed E-state index contributed by atoms with van der Waals surface area (Å²) < 4.78 is 4.96. The molecular formula is C17H24N2O2. The molecule has 21 heavy (non-hydrogen) atoms. The fraction of sp³-hybridized carbons (Fsp3) is 0.471. The molecular weight excluding hydrogens is 264 g/mol. The number of fused-ring (bicyclic) bond motifs is 1. The van der Waals surface area contributed by atoms with E-state index in [2.05, 4.69) is 34.7 Å². The molecule has 0 spiro atoms. The average Bonchev–Trinajstić information content (AvgIpc) is 2.90. The minimum Gasteiger partial charge on any atom is -0.466 e. The van der Waals surface area contributed by atoms with Gasteiger partial charge < -0.3 is 15.0 Å². The summed E-state index contributed by atoms with van der Waals surface area (Å²) in [6.45, 7) is 2.30. The van der Waals surface area contributed by atoms with Crippen molar-refractivity contribution in [1.29, 1.82) is 0 Å². The lowest BCUT2D eigenvalue weighted by molar-refractivity contribution is -0.143. The number of rotatable bonds is 8. The Hall–Kier alpha value is -1.81. The molecule has 0 saturated heterocycles. The molecule has 114 valence electrons. The predicted octanol–water partition coefficient (Wildman–Crippen LogP) is 3.03. The lowest BCUT2D eigenvalue weighted by atomic mass is 10.0. The van der Waals surface area contributed by atoms with Gasteiger partial charge in [0.1, 0.15) is 0 Å². The zero-order valence-corrected chi connectivity index (χ0v) is 12.8. The van der Waals surface area contributed by atoms with Crippen LogP contribution < -0.4 is 5.32 Å². The normalized spacial score (nSPS) is 12.5. The second kappa shape index (κ2) is 7.84. The molecule has 0 radical (unpaired) electrons. The van der Waals surface area contributed by atoms with Gasteiger partial charge in [0, 0.05) is 29.6 Å². The number of H-pyrrole nitrogens is 1. The lowest BCUT2D eigenvalue weighted by Gasteiger charge is -2.15. The van der Waals surface area contributed by atoms with Crippen molar-refractivity contribution in [1.82, 2.24) is 10.3 Å². The summed E-state index contributed by atoms with van der Waals surface area (Å²) in [5.41, 5.74) is 2.50. The number of nitrogens with one attached hydrogen (secondary N) is 2. The van der Waals surface area contributed by atoms with Gasteiger partial charge in [0.15, 0.2) is 0 Å². The van der Waals surface area contributed by atoms with Gasteiger partial charge in [-0.05, 0) is 44.9 Å². The Kier molecular flexibility index (Phi) is 5.81. The molecule has 0 amide bonds. The fourth-order valence-corrected chi connectivity index (χ4v) is 2.64. The molecule has 0 aliphatic carbocycles. The summed E-state index contributed by atoms with van der Waals surface area (Å²) in [6, 6.07) is 8.71. The molecule has 1 heterocycles. The third kappa shape index (κ3) is 4.33. The molecule has 1 atom stereocenters. The summed E-state index contributed by atoms with van der Waals surface area (Å²) in [7, 11) is 1.98. The van der Waals surface area contributed by atoms with Gasteiger partial charge in [-0.2, -0.15) is 0 Å². The van der Waals surface area contributed by atoms with E-state index in [9.17, 15) is 4.79 Å². The van der Waals surface area contributed by atoms with Crippen molar-refractivity contribution >= 4 is 16.9 Å². The summed E-state index contributed by atoms with van der Waals surface area (Å²) in [6.07, 6.45) is 5.37. The number of esters is 1. The van der Waals surface area contributed by atoms with Crippen LogP contribution in [0.2, 0.25) is 0 Å². The molecule has 4 heteroatoms. The highest BCUT2D eigenvalue weighted by molar-refractivity contribution is 5.83. The first-order valence-corrected chi connectivity index (χ1v) is 7.62. The van der Waals surface area contributed by atoms with E-state index in [0.29, 0.717) is 19.1 Å². The van der Waals surface area contributed by atoms with Crippen molar-refractivity contribution in [2.75, 3.05) is 13.7 Å². The van der Waals surface area contributed by atoms with Gasteiger partial charge in [0.05, 0.1) is 6.61 Å². The van der Waals surface area contributed by atoms with E-state index < -0.39 is 0 Å². The summed E-state index contributed by atoms with van der Waals surface area (Å²) in [4.78, 5) is 14.7. The Balaban J connectivity index is 1.88. The topological polar surface area (TPSA) is 54.1 Å². The predicted molar refractivity (Wildman–Crippen MR) is 85.3 cm³/mol. The molecule has 4 nitrogen and oxygen atoms in total. The molecule has 0 aliphatic rings. The van der Waals surface area contributed by atoms with Crippen LogP contribution in [-0.4, -0.2) is 30.6 Å². The molecule has 1 aromatic carbocycles. The Labute approximate surface area is 125 Å². The molecule has 0 fully saturated rings. The quantitative estimate of drug-likeness (QED) is 0.734. The van der Waals surface area contributed by atoms with Gasteiger partial charge in [-0.3, -0.25) is 4.79 Å². The van der Waals surface area contributed by atoms with Crippen LogP contribution in [-0.2, 0) is 16.0 Å². The van der Waals surface area contributed by atoms with Gasteiger partial charge in [-0.1, -0.05) is 18.2 Å². The van der Waals surface area contributed by atoms with Crippen LogP contribution in [0.15, 0.2) is 30.5 Å². The largest absolute Gasteiger partial charge is 0.466 e. The van der Waals surface area contributed by atoms with Crippen LogP contribution >= 0.6 is 0 Å². The number of carbonyl (C=O) groups is 1. The fourth-order valence-electron chi connectivity index (χ4n) is 2.64. The molecule has 1 aromatic heterocycles. The highest BCUT2D eigenvalue weighted by atomic mass is 16.5. The number of para-hydroxylation sites is 1. The number of hydrogen-bond donors (Lipinski definition) is 2. The number of aromatic nitrogens is 1. The van der Waals surface area contributed by atoms with Crippen molar-refractivity contribution in [2.45, 2.75) is 38.6 Å². The number of benzene rings is 1. The van der Waals surface area contributed by atoms with Crippen LogP contribution in [0, 0.1) is 0 Å². The van der Waals surface area contributed by atoms with Crippen molar-refractivity contribution in [2.24, 2.45) is 0 Å². The third-order valence-electron chi connectivity index (χ3n) is 3.79. The first-order chi connectivity index (χ1) is 10.2. The molecule has 2 N–H and O–H groups in total. The highest BCUT2D eigenvalue weighted by Gasteiger charge is 2.12. The van der Waals surface area contributed by atoms with Crippen LogP contribution in [0.1, 0.15) is 31.7 Å². The van der Waals surface area contributed by atoms with Gasteiger partial charge >= 0.3 is 5.97 Å². The first-order valence-electron chi connectivity index (χ1n) is 7.62. The van der Waals surface area contributed by atoms with Gasteiger partial charge in [0.25, 0.3) is 0 Å².